The average Bonchev–Trinajstić information content (AvgIpc) is 3.31. The van der Waals surface area contributed by atoms with Crippen molar-refractivity contribution >= 4 is 23.2 Å². The monoisotopic (exact) mass is 442 g/mol. The van der Waals surface area contributed by atoms with E-state index in [2.05, 4.69) is 25.7 Å². The van der Waals surface area contributed by atoms with E-state index in [-0.39, 0.29) is 12.5 Å². The third kappa shape index (κ3) is 5.07. The maximum Gasteiger partial charge on any atom is 0.255 e. The molecule has 2 aromatic heterocycles. The molecule has 1 amide bonds. The Morgan fingerprint density at radius 1 is 1.06 bits per heavy atom. The second-order valence-electron chi connectivity index (χ2n) is 7.77. The molecule has 8 nitrogen and oxygen atoms in total. The Morgan fingerprint density at radius 2 is 1.85 bits per heavy atom. The minimum atomic E-state index is -0.221. The summed E-state index contributed by atoms with van der Waals surface area (Å²) in [7, 11) is 0. The van der Waals surface area contributed by atoms with Crippen molar-refractivity contribution in [2.24, 2.45) is 0 Å². The first-order valence-corrected chi connectivity index (χ1v) is 10.7. The number of carbonyl (C=O) groups is 1. The Balaban J connectivity index is 1.48. The van der Waals surface area contributed by atoms with Crippen LogP contribution in [0, 0.1) is 13.8 Å². The number of nitrogens with one attached hydrogen (secondary N) is 2. The van der Waals surface area contributed by atoms with Gasteiger partial charge in [-0.05, 0) is 67.8 Å². The second-order valence-corrected chi connectivity index (χ2v) is 7.77. The van der Waals surface area contributed by atoms with Crippen LogP contribution in [0.2, 0.25) is 0 Å². The molecule has 33 heavy (non-hydrogen) atoms. The number of rotatable bonds is 7. The summed E-state index contributed by atoms with van der Waals surface area (Å²) in [4.78, 5) is 21.7. The molecule has 0 radical (unpaired) electrons. The number of aliphatic hydroxyl groups is 1. The summed E-state index contributed by atoms with van der Waals surface area (Å²) in [5, 5.41) is 19.8. The summed E-state index contributed by atoms with van der Waals surface area (Å²) in [5.74, 6) is 0.245. The molecule has 8 heteroatoms. The van der Waals surface area contributed by atoms with Crippen molar-refractivity contribution in [1.29, 1.82) is 0 Å². The first kappa shape index (κ1) is 22.2. The van der Waals surface area contributed by atoms with Crippen LogP contribution < -0.4 is 10.6 Å². The van der Waals surface area contributed by atoms with Gasteiger partial charge in [-0.1, -0.05) is 12.1 Å². The van der Waals surface area contributed by atoms with Crippen molar-refractivity contribution in [1.82, 2.24) is 19.7 Å². The molecule has 0 atom stereocenters. The van der Waals surface area contributed by atoms with Gasteiger partial charge < -0.3 is 15.7 Å². The lowest BCUT2D eigenvalue weighted by Gasteiger charge is -2.11. The largest absolute Gasteiger partial charge is 0.392 e. The summed E-state index contributed by atoms with van der Waals surface area (Å²) in [6.07, 6.45) is 5.54. The van der Waals surface area contributed by atoms with Crippen LogP contribution in [-0.4, -0.2) is 30.8 Å². The van der Waals surface area contributed by atoms with Gasteiger partial charge in [0.05, 0.1) is 18.5 Å². The van der Waals surface area contributed by atoms with E-state index < -0.39 is 0 Å². The summed E-state index contributed by atoms with van der Waals surface area (Å²) >= 11 is 0. The Morgan fingerprint density at radius 3 is 2.55 bits per heavy atom. The zero-order valence-electron chi connectivity index (χ0n) is 18.8. The van der Waals surface area contributed by atoms with Crippen molar-refractivity contribution in [3.8, 4) is 11.3 Å². The van der Waals surface area contributed by atoms with E-state index in [1.165, 1.54) is 0 Å². The van der Waals surface area contributed by atoms with Crippen LogP contribution in [-0.2, 0) is 13.2 Å². The lowest BCUT2D eigenvalue weighted by Crippen LogP contribution is -2.13. The van der Waals surface area contributed by atoms with E-state index >= 15 is 0 Å². The summed E-state index contributed by atoms with van der Waals surface area (Å²) in [5.41, 5.74) is 6.36. The maximum absolute atomic E-state index is 12.7. The Bertz CT molecular complexity index is 1280. The quantitative estimate of drug-likeness (QED) is 0.390. The number of aromatic nitrogens is 4. The molecule has 0 aliphatic rings. The van der Waals surface area contributed by atoms with Crippen molar-refractivity contribution in [3.05, 3.63) is 83.3 Å². The lowest BCUT2D eigenvalue weighted by molar-refractivity contribution is 0.102. The minimum absolute atomic E-state index is 0.0761. The fourth-order valence-electron chi connectivity index (χ4n) is 3.38. The van der Waals surface area contributed by atoms with Gasteiger partial charge in [0, 0.05) is 41.4 Å². The molecule has 2 aromatic carbocycles. The SMILES string of the molecule is CCn1cc(-c2nc(Nc3ccc(C(=O)Nc4cc(CO)ccc4C)cc3)ncc2C)cn1. The average molecular weight is 443 g/mol. The summed E-state index contributed by atoms with van der Waals surface area (Å²) < 4.78 is 1.86. The fraction of sp³-hybridized carbons (Fsp3) is 0.200. The van der Waals surface area contributed by atoms with Crippen LogP contribution in [0.25, 0.3) is 11.3 Å². The third-order valence-corrected chi connectivity index (χ3v) is 5.34. The topological polar surface area (TPSA) is 105 Å². The maximum atomic E-state index is 12.7. The van der Waals surface area contributed by atoms with Crippen LogP contribution >= 0.6 is 0 Å². The van der Waals surface area contributed by atoms with Gasteiger partial charge in [-0.25, -0.2) is 9.97 Å². The number of hydrogen-bond donors (Lipinski definition) is 3. The van der Waals surface area contributed by atoms with E-state index in [0.717, 1.165) is 40.2 Å². The van der Waals surface area contributed by atoms with Gasteiger partial charge in [-0.15, -0.1) is 0 Å². The lowest BCUT2D eigenvalue weighted by atomic mass is 10.1. The third-order valence-electron chi connectivity index (χ3n) is 5.34. The van der Waals surface area contributed by atoms with Crippen LogP contribution in [0.4, 0.5) is 17.3 Å². The number of anilines is 3. The van der Waals surface area contributed by atoms with Gasteiger partial charge >= 0.3 is 0 Å². The molecule has 0 aliphatic heterocycles. The van der Waals surface area contributed by atoms with Gasteiger partial charge in [0.1, 0.15) is 0 Å². The van der Waals surface area contributed by atoms with Crippen molar-refractivity contribution in [2.45, 2.75) is 33.9 Å². The molecule has 0 unspecified atom stereocenters. The van der Waals surface area contributed by atoms with E-state index in [9.17, 15) is 9.90 Å². The number of nitrogens with zero attached hydrogens (tertiary/aromatic N) is 4. The Labute approximate surface area is 192 Å². The molecule has 0 saturated heterocycles. The van der Waals surface area contributed by atoms with Gasteiger partial charge in [0.15, 0.2) is 0 Å². The van der Waals surface area contributed by atoms with Crippen molar-refractivity contribution in [3.63, 3.8) is 0 Å². The molecule has 0 saturated carbocycles. The van der Waals surface area contributed by atoms with Crippen molar-refractivity contribution < 1.29 is 9.90 Å². The van der Waals surface area contributed by atoms with Gasteiger partial charge in [0.25, 0.3) is 5.91 Å². The van der Waals surface area contributed by atoms with Gasteiger partial charge in [0.2, 0.25) is 5.95 Å². The van der Waals surface area contributed by atoms with Crippen LogP contribution in [0.15, 0.2) is 61.1 Å². The molecule has 0 bridgehead atoms. The van der Waals surface area contributed by atoms with Crippen LogP contribution in [0.5, 0.6) is 0 Å². The normalized spacial score (nSPS) is 10.8. The predicted molar refractivity (Wildman–Crippen MR) is 128 cm³/mol. The minimum Gasteiger partial charge on any atom is -0.392 e. The molecular formula is C25H26N6O2. The van der Waals surface area contributed by atoms with E-state index in [4.69, 9.17) is 0 Å². The zero-order valence-corrected chi connectivity index (χ0v) is 18.8. The molecule has 4 aromatic rings. The molecule has 0 aliphatic carbocycles. The molecular weight excluding hydrogens is 416 g/mol. The molecule has 2 heterocycles. The zero-order chi connectivity index (χ0) is 23.4. The van der Waals surface area contributed by atoms with Crippen LogP contribution in [0.3, 0.4) is 0 Å². The number of aryl methyl sites for hydroxylation is 3. The Hall–Kier alpha value is -4.04. The van der Waals surface area contributed by atoms with Crippen LogP contribution in [0.1, 0.15) is 34.0 Å². The number of amides is 1. The molecule has 4 rings (SSSR count). The molecule has 3 N–H and O–H groups in total. The smallest absolute Gasteiger partial charge is 0.255 e. The van der Waals surface area contributed by atoms with Crippen molar-refractivity contribution in [2.75, 3.05) is 10.6 Å². The first-order chi connectivity index (χ1) is 16.0. The predicted octanol–water partition coefficient (Wildman–Crippen LogP) is 4.47. The highest BCUT2D eigenvalue weighted by atomic mass is 16.3. The molecule has 0 spiro atoms. The number of benzene rings is 2. The number of carbonyl (C=O) groups excluding carboxylic acids is 1. The second kappa shape index (κ2) is 9.62. The standard InChI is InChI=1S/C25H26N6O2/c1-4-31-14-20(13-27-31)23-17(3)12-26-25(30-23)28-21-9-7-19(8-10-21)24(33)29-22-11-18(15-32)6-5-16(22)2/h5-14,32H,4,15H2,1-3H3,(H,29,33)(H,26,28,30). The van der Waals surface area contributed by atoms with E-state index in [0.29, 0.717) is 17.2 Å². The highest BCUT2D eigenvalue weighted by molar-refractivity contribution is 6.04. The van der Waals surface area contributed by atoms with Gasteiger partial charge in [-0.3, -0.25) is 9.48 Å². The first-order valence-electron chi connectivity index (χ1n) is 10.7. The summed E-state index contributed by atoms with van der Waals surface area (Å²) in [6.45, 7) is 6.63. The molecule has 0 fully saturated rings. The van der Waals surface area contributed by atoms with E-state index in [1.807, 2.05) is 55.9 Å². The summed E-state index contributed by atoms with van der Waals surface area (Å²) in [6, 6.07) is 12.6. The number of hydrogen-bond acceptors (Lipinski definition) is 6. The fourth-order valence-corrected chi connectivity index (χ4v) is 3.38. The van der Waals surface area contributed by atoms with Gasteiger partial charge in [-0.2, -0.15) is 5.10 Å². The molecule has 168 valence electrons. The highest BCUT2D eigenvalue weighted by Crippen LogP contribution is 2.23. The van der Waals surface area contributed by atoms with E-state index in [1.54, 1.807) is 30.6 Å². The Kier molecular flexibility index (Phi) is 6.46. The highest BCUT2D eigenvalue weighted by Gasteiger charge is 2.11. The number of aliphatic hydroxyl groups excluding tert-OH is 1.